The molecule has 1 atom stereocenters. The maximum Gasteiger partial charge on any atom is 0.326 e. The number of nitrogens with one attached hydrogen (secondary N) is 1. The molecule has 0 bridgehead atoms. The molecule has 0 fully saturated rings. The summed E-state index contributed by atoms with van der Waals surface area (Å²) in [6.07, 6.45) is 4.09. The molecular formula is C34H34ClN5O6S. The van der Waals surface area contributed by atoms with Gasteiger partial charge in [-0.15, -0.1) is 11.8 Å². The van der Waals surface area contributed by atoms with Gasteiger partial charge < -0.3 is 25.8 Å². The third-order valence-corrected chi connectivity index (χ3v) is 9.16. The highest BCUT2D eigenvalue weighted by atomic mass is 35.5. The van der Waals surface area contributed by atoms with Crippen molar-refractivity contribution in [1.82, 2.24) is 15.1 Å². The zero-order valence-electron chi connectivity index (χ0n) is 25.6. The van der Waals surface area contributed by atoms with Gasteiger partial charge in [-0.2, -0.15) is 5.10 Å². The third kappa shape index (κ3) is 8.32. The first-order valence-corrected chi connectivity index (χ1v) is 16.3. The van der Waals surface area contributed by atoms with E-state index in [0.29, 0.717) is 37.6 Å². The second-order valence-electron chi connectivity index (χ2n) is 11.0. The molecule has 11 nitrogen and oxygen atoms in total. The van der Waals surface area contributed by atoms with E-state index in [9.17, 15) is 24.3 Å². The van der Waals surface area contributed by atoms with Crippen molar-refractivity contribution >= 4 is 52.7 Å². The Kier molecular flexibility index (Phi) is 10.8. The topological polar surface area (TPSA) is 157 Å². The van der Waals surface area contributed by atoms with Gasteiger partial charge in [0.2, 0.25) is 11.8 Å². The number of benzene rings is 3. The maximum absolute atomic E-state index is 13.3. The molecule has 0 aliphatic carbocycles. The van der Waals surface area contributed by atoms with E-state index in [1.165, 1.54) is 0 Å². The molecular weight excluding hydrogens is 642 g/mol. The van der Waals surface area contributed by atoms with Gasteiger partial charge in [-0.05, 0) is 49.2 Å². The van der Waals surface area contributed by atoms with Crippen LogP contribution in [0.25, 0.3) is 11.1 Å². The van der Waals surface area contributed by atoms with E-state index in [0.717, 1.165) is 44.3 Å². The Hall–Kier alpha value is -4.81. The molecule has 0 spiro atoms. The van der Waals surface area contributed by atoms with Gasteiger partial charge >= 0.3 is 5.97 Å². The van der Waals surface area contributed by atoms with E-state index in [4.69, 9.17) is 22.1 Å². The minimum absolute atomic E-state index is 0.0408. The number of aromatic nitrogens is 2. The summed E-state index contributed by atoms with van der Waals surface area (Å²) in [5.74, 6) is -1.28. The Bertz CT molecular complexity index is 1810. The number of halogens is 1. The Morgan fingerprint density at radius 2 is 1.91 bits per heavy atom. The van der Waals surface area contributed by atoms with E-state index in [2.05, 4.69) is 10.4 Å². The highest BCUT2D eigenvalue weighted by Gasteiger charge is 2.26. The molecule has 3 amide bonds. The second-order valence-corrected chi connectivity index (χ2v) is 12.5. The molecule has 4 aromatic rings. The summed E-state index contributed by atoms with van der Waals surface area (Å²) in [5, 5.41) is 16.8. The number of nitrogens with zero attached hydrogens (tertiary/aromatic N) is 3. The molecule has 13 heteroatoms. The van der Waals surface area contributed by atoms with Crippen LogP contribution >= 0.6 is 23.4 Å². The van der Waals surface area contributed by atoms with Crippen molar-refractivity contribution in [3.8, 4) is 16.9 Å². The predicted octanol–water partition coefficient (Wildman–Crippen LogP) is 4.92. The van der Waals surface area contributed by atoms with Gasteiger partial charge in [0.1, 0.15) is 11.8 Å². The fourth-order valence-electron chi connectivity index (χ4n) is 5.25. The zero-order chi connectivity index (χ0) is 33.5. The van der Waals surface area contributed by atoms with Crippen LogP contribution in [0.1, 0.15) is 40.7 Å². The highest BCUT2D eigenvalue weighted by molar-refractivity contribution is 7.99. The molecule has 1 aliphatic rings. The molecule has 3 aromatic carbocycles. The number of rotatable bonds is 13. The normalized spacial score (nSPS) is 13.0. The van der Waals surface area contributed by atoms with E-state index < -0.39 is 30.2 Å². The van der Waals surface area contributed by atoms with E-state index in [-0.39, 0.29) is 11.5 Å². The monoisotopic (exact) mass is 675 g/mol. The van der Waals surface area contributed by atoms with Gasteiger partial charge in [0.25, 0.3) is 5.91 Å². The minimum Gasteiger partial charge on any atom is -0.493 e. The van der Waals surface area contributed by atoms with Crippen molar-refractivity contribution in [1.29, 1.82) is 0 Å². The van der Waals surface area contributed by atoms with Crippen LogP contribution in [0.3, 0.4) is 0 Å². The van der Waals surface area contributed by atoms with Gasteiger partial charge in [0.15, 0.2) is 0 Å². The molecule has 0 saturated carbocycles. The molecule has 5 rings (SSSR count). The molecule has 0 saturated heterocycles. The van der Waals surface area contributed by atoms with E-state index in [1.807, 2.05) is 60.5 Å². The zero-order valence-corrected chi connectivity index (χ0v) is 27.2. The van der Waals surface area contributed by atoms with E-state index >= 15 is 0 Å². The van der Waals surface area contributed by atoms with Crippen LogP contribution in [0.4, 0.5) is 5.69 Å². The van der Waals surface area contributed by atoms with Gasteiger partial charge in [0.05, 0.1) is 31.5 Å². The van der Waals surface area contributed by atoms with Gasteiger partial charge in [0, 0.05) is 57.1 Å². The van der Waals surface area contributed by atoms with Crippen molar-refractivity contribution in [2.45, 2.75) is 43.7 Å². The molecule has 47 heavy (non-hydrogen) atoms. The van der Waals surface area contributed by atoms with E-state index in [1.54, 1.807) is 40.8 Å². The van der Waals surface area contributed by atoms with Crippen LogP contribution < -0.4 is 20.7 Å². The van der Waals surface area contributed by atoms with Crippen LogP contribution in [0.2, 0.25) is 5.02 Å². The van der Waals surface area contributed by atoms with Crippen molar-refractivity contribution in [3.63, 3.8) is 0 Å². The van der Waals surface area contributed by atoms with Crippen LogP contribution in [0.15, 0.2) is 78.0 Å². The van der Waals surface area contributed by atoms with Crippen LogP contribution in [0.5, 0.6) is 5.75 Å². The second kappa shape index (κ2) is 15.2. The lowest BCUT2D eigenvalue weighted by Crippen LogP contribution is -2.43. The summed E-state index contributed by atoms with van der Waals surface area (Å²) in [5.41, 5.74) is 9.74. The van der Waals surface area contributed by atoms with Gasteiger partial charge in [-0.3, -0.25) is 19.1 Å². The smallest absolute Gasteiger partial charge is 0.326 e. The van der Waals surface area contributed by atoms with Crippen molar-refractivity contribution in [3.05, 3.63) is 94.8 Å². The fraction of sp³-hybridized carbons (Fsp3) is 0.265. The van der Waals surface area contributed by atoms with Crippen molar-refractivity contribution in [2.75, 3.05) is 23.8 Å². The Morgan fingerprint density at radius 3 is 2.70 bits per heavy atom. The fourth-order valence-corrected chi connectivity index (χ4v) is 6.56. The Morgan fingerprint density at radius 1 is 1.13 bits per heavy atom. The maximum atomic E-state index is 13.3. The first-order chi connectivity index (χ1) is 22.6. The Balaban J connectivity index is 1.23. The number of fused-ring (bicyclic) bond motifs is 1. The molecule has 244 valence electrons. The number of carboxylic acid groups (broad SMARTS) is 1. The molecule has 1 aromatic heterocycles. The quantitative estimate of drug-likeness (QED) is 0.169. The number of ether oxygens (including phenoxy) is 1. The lowest BCUT2D eigenvalue weighted by atomic mass is 10.1. The summed E-state index contributed by atoms with van der Waals surface area (Å²) in [7, 11) is 0. The first kappa shape index (κ1) is 33.6. The standard InChI is InChI=1S/C34H34ClN5O6S/c1-21-26(35)9-4-11-29(21)46-14-5-12-31(42)40-13-15-47-32-25(8-3-10-28(32)40)24-18-37-39(20-24)19-22-6-2-7-23(16-22)33(43)38-27(34(44)45)17-30(36)41/h2-4,6-11,16,18,20,27H,5,12-15,17,19H2,1H3,(H2,36,41)(H,38,43)(H,44,45). The van der Waals surface area contributed by atoms with Crippen LogP contribution in [0, 0.1) is 6.92 Å². The summed E-state index contributed by atoms with van der Waals surface area (Å²) in [6, 6.07) is 16.8. The first-order valence-electron chi connectivity index (χ1n) is 15.0. The molecule has 1 aliphatic heterocycles. The number of nitrogens with two attached hydrogens (primary N) is 1. The largest absolute Gasteiger partial charge is 0.493 e. The number of carbonyl (C=O) groups excluding carboxylic acids is 3. The number of primary amides is 1. The summed E-state index contributed by atoms with van der Waals surface area (Å²) < 4.78 is 7.62. The van der Waals surface area contributed by atoms with Gasteiger partial charge in [-0.1, -0.05) is 41.9 Å². The average Bonchev–Trinajstić information content (AvgIpc) is 3.51. The van der Waals surface area contributed by atoms with Crippen molar-refractivity contribution < 1.29 is 29.0 Å². The van der Waals surface area contributed by atoms with Crippen LogP contribution in [-0.2, 0) is 20.9 Å². The minimum atomic E-state index is -1.42. The number of amides is 3. The SMILES string of the molecule is Cc1c(Cl)cccc1OCCCC(=O)N1CCSc2c(-c3cnn(Cc4cccc(C(=O)NC(CC(N)=O)C(=O)O)c4)c3)cccc21. The number of thioether (sulfide) groups is 1. The number of anilines is 1. The summed E-state index contributed by atoms with van der Waals surface area (Å²) >= 11 is 7.89. The average molecular weight is 676 g/mol. The third-order valence-electron chi connectivity index (χ3n) is 7.64. The summed E-state index contributed by atoms with van der Waals surface area (Å²) in [4.78, 5) is 51.5. The predicted molar refractivity (Wildman–Crippen MR) is 180 cm³/mol. The lowest BCUT2D eigenvalue weighted by molar-refractivity contribution is -0.140. The van der Waals surface area contributed by atoms with Crippen LogP contribution in [-0.4, -0.2) is 63.5 Å². The van der Waals surface area contributed by atoms with Crippen molar-refractivity contribution in [2.24, 2.45) is 5.73 Å². The number of hydrogen-bond donors (Lipinski definition) is 3. The molecule has 1 unspecified atom stereocenters. The number of aliphatic carboxylic acids is 1. The summed E-state index contributed by atoms with van der Waals surface area (Å²) in [6.45, 7) is 3.29. The number of hydrogen-bond acceptors (Lipinski definition) is 7. The Labute approximate surface area is 281 Å². The molecule has 0 radical (unpaired) electrons. The lowest BCUT2D eigenvalue weighted by Gasteiger charge is -2.30. The number of carbonyl (C=O) groups is 4. The molecule has 4 N–H and O–H groups in total. The number of carboxylic acids is 1. The molecule has 2 heterocycles. The van der Waals surface area contributed by atoms with Gasteiger partial charge in [-0.25, -0.2) is 4.79 Å². The highest BCUT2D eigenvalue weighted by Crippen LogP contribution is 2.42.